The molecule has 4 rings (SSSR count). The Labute approximate surface area is 187 Å². The number of alkyl halides is 3. The van der Waals surface area contributed by atoms with Gasteiger partial charge in [-0.15, -0.1) is 0 Å². The van der Waals surface area contributed by atoms with Crippen LogP contribution in [0.15, 0.2) is 42.9 Å². The first-order valence-corrected chi connectivity index (χ1v) is 10.1. The zero-order chi connectivity index (χ0) is 24.2. The number of carboxylic acids is 1. The Kier molecular flexibility index (Phi) is 7.14. The molecule has 1 aliphatic heterocycles. The first-order valence-electron chi connectivity index (χ1n) is 10.1. The Balaban J connectivity index is 0.000000383. The molecule has 3 aromatic rings. The molecule has 0 spiro atoms. The van der Waals surface area contributed by atoms with Gasteiger partial charge in [0.1, 0.15) is 0 Å². The number of pyridine rings is 2. The van der Waals surface area contributed by atoms with E-state index < -0.39 is 12.1 Å². The van der Waals surface area contributed by atoms with Gasteiger partial charge in [0.2, 0.25) is 0 Å². The molecule has 33 heavy (non-hydrogen) atoms. The van der Waals surface area contributed by atoms with Crippen molar-refractivity contribution in [1.29, 1.82) is 0 Å². The third-order valence-corrected chi connectivity index (χ3v) is 5.04. The standard InChI is InChI=1S/C19H22N6O.C2HF3O2/c1-23(2)19(26)24-11-3-4-16(12-24)18-21-17-6-5-15(13-25(17)22-18)14-7-9-20-10-8-14;3-2(4,5)1(6)7/h5-10,13,16H,3-4,11-12H2,1-2H3;(H,6,7). The predicted octanol–water partition coefficient (Wildman–Crippen LogP) is 3.29. The number of carbonyl (C=O) groups is 2. The lowest BCUT2D eigenvalue weighted by Gasteiger charge is -2.33. The van der Waals surface area contributed by atoms with Gasteiger partial charge in [0.15, 0.2) is 11.5 Å². The molecule has 1 atom stereocenters. The fourth-order valence-corrected chi connectivity index (χ4v) is 3.43. The Morgan fingerprint density at radius 3 is 2.39 bits per heavy atom. The van der Waals surface area contributed by atoms with Crippen LogP contribution in [-0.2, 0) is 4.79 Å². The lowest BCUT2D eigenvalue weighted by atomic mass is 9.98. The second-order valence-electron chi connectivity index (χ2n) is 7.69. The number of rotatable bonds is 2. The summed E-state index contributed by atoms with van der Waals surface area (Å²) in [6.45, 7) is 1.47. The number of nitrogens with zero attached hydrogens (tertiary/aromatic N) is 6. The highest BCUT2D eigenvalue weighted by molar-refractivity contribution is 5.74. The van der Waals surface area contributed by atoms with Crippen LogP contribution in [0.1, 0.15) is 24.6 Å². The number of piperidine rings is 1. The normalized spacial score (nSPS) is 16.2. The van der Waals surface area contributed by atoms with Gasteiger partial charge in [-0.05, 0) is 42.7 Å². The van der Waals surface area contributed by atoms with Crippen molar-refractivity contribution in [1.82, 2.24) is 29.4 Å². The minimum atomic E-state index is -5.08. The van der Waals surface area contributed by atoms with E-state index in [0.717, 1.165) is 42.0 Å². The summed E-state index contributed by atoms with van der Waals surface area (Å²) < 4.78 is 33.6. The maximum absolute atomic E-state index is 12.2. The second-order valence-corrected chi connectivity index (χ2v) is 7.69. The van der Waals surface area contributed by atoms with Gasteiger partial charge in [0, 0.05) is 57.3 Å². The van der Waals surface area contributed by atoms with E-state index in [1.54, 1.807) is 31.4 Å². The maximum Gasteiger partial charge on any atom is 0.490 e. The first-order chi connectivity index (χ1) is 15.6. The van der Waals surface area contributed by atoms with Gasteiger partial charge in [0.25, 0.3) is 0 Å². The molecule has 12 heteroatoms. The van der Waals surface area contributed by atoms with Crippen LogP contribution in [0, 0.1) is 0 Å². The number of fused-ring (bicyclic) bond motifs is 1. The summed E-state index contributed by atoms with van der Waals surface area (Å²) in [6.07, 6.45) is 2.45. The molecule has 1 unspecified atom stereocenters. The van der Waals surface area contributed by atoms with Crippen molar-refractivity contribution in [2.75, 3.05) is 27.2 Å². The van der Waals surface area contributed by atoms with Crippen LogP contribution in [0.2, 0.25) is 0 Å². The summed E-state index contributed by atoms with van der Waals surface area (Å²) in [6, 6.07) is 8.04. The molecule has 1 aliphatic rings. The first kappa shape index (κ1) is 24.0. The van der Waals surface area contributed by atoms with Gasteiger partial charge in [-0.25, -0.2) is 19.1 Å². The second kappa shape index (κ2) is 9.84. The van der Waals surface area contributed by atoms with E-state index in [4.69, 9.17) is 20.0 Å². The van der Waals surface area contributed by atoms with E-state index in [1.165, 1.54) is 0 Å². The minimum absolute atomic E-state index is 0.0541. The molecular weight excluding hydrogens is 441 g/mol. The maximum atomic E-state index is 12.2. The fraction of sp³-hybridized carbons (Fsp3) is 0.381. The van der Waals surface area contributed by atoms with Crippen LogP contribution in [0.3, 0.4) is 0 Å². The third-order valence-electron chi connectivity index (χ3n) is 5.04. The molecule has 1 N–H and O–H groups in total. The van der Waals surface area contributed by atoms with Crippen LogP contribution >= 0.6 is 0 Å². The molecule has 1 fully saturated rings. The smallest absolute Gasteiger partial charge is 0.475 e. The van der Waals surface area contributed by atoms with Crippen LogP contribution in [0.25, 0.3) is 16.8 Å². The van der Waals surface area contributed by atoms with Gasteiger partial charge in [-0.3, -0.25) is 4.98 Å². The van der Waals surface area contributed by atoms with Gasteiger partial charge < -0.3 is 14.9 Å². The average Bonchev–Trinajstić information content (AvgIpc) is 3.22. The van der Waals surface area contributed by atoms with Crippen LogP contribution in [0.4, 0.5) is 18.0 Å². The number of carbonyl (C=O) groups excluding carboxylic acids is 1. The van der Waals surface area contributed by atoms with Crippen molar-refractivity contribution < 1.29 is 27.9 Å². The number of hydrogen-bond donors (Lipinski definition) is 1. The zero-order valence-corrected chi connectivity index (χ0v) is 18.0. The van der Waals surface area contributed by atoms with E-state index in [1.807, 2.05) is 39.9 Å². The fourth-order valence-electron chi connectivity index (χ4n) is 3.43. The summed E-state index contributed by atoms with van der Waals surface area (Å²) in [5, 5.41) is 11.8. The number of aliphatic carboxylic acids is 1. The van der Waals surface area contributed by atoms with E-state index >= 15 is 0 Å². The Morgan fingerprint density at radius 1 is 1.12 bits per heavy atom. The van der Waals surface area contributed by atoms with Gasteiger partial charge in [0.05, 0.1) is 0 Å². The van der Waals surface area contributed by atoms with Gasteiger partial charge in [-0.1, -0.05) is 0 Å². The Bertz CT molecular complexity index is 1120. The average molecular weight is 464 g/mol. The number of aromatic nitrogens is 4. The molecular formula is C21H23F3N6O3. The van der Waals surface area contributed by atoms with Crippen molar-refractivity contribution in [3.8, 4) is 11.1 Å². The molecule has 2 amide bonds. The monoisotopic (exact) mass is 464 g/mol. The number of hydrogen-bond acceptors (Lipinski definition) is 5. The highest BCUT2D eigenvalue weighted by Crippen LogP contribution is 2.26. The summed E-state index contributed by atoms with van der Waals surface area (Å²) in [4.78, 5) is 33.4. The molecule has 0 radical (unpaired) electrons. The molecule has 0 bridgehead atoms. The largest absolute Gasteiger partial charge is 0.490 e. The van der Waals surface area contributed by atoms with Crippen molar-refractivity contribution in [3.63, 3.8) is 0 Å². The topological polar surface area (TPSA) is 104 Å². The Morgan fingerprint density at radius 2 is 1.79 bits per heavy atom. The highest BCUT2D eigenvalue weighted by atomic mass is 19.4. The Hall–Kier alpha value is -3.70. The molecule has 0 saturated carbocycles. The van der Waals surface area contributed by atoms with Crippen LogP contribution < -0.4 is 0 Å². The summed E-state index contributed by atoms with van der Waals surface area (Å²) in [5.41, 5.74) is 3.00. The lowest BCUT2D eigenvalue weighted by Crippen LogP contribution is -2.44. The highest BCUT2D eigenvalue weighted by Gasteiger charge is 2.38. The number of amides is 2. The van der Waals surface area contributed by atoms with E-state index in [2.05, 4.69) is 4.98 Å². The number of carboxylic acid groups (broad SMARTS) is 1. The van der Waals surface area contributed by atoms with Crippen molar-refractivity contribution in [2.24, 2.45) is 0 Å². The van der Waals surface area contributed by atoms with Gasteiger partial charge in [-0.2, -0.15) is 18.3 Å². The number of urea groups is 1. The predicted molar refractivity (Wildman–Crippen MR) is 113 cm³/mol. The molecule has 3 aromatic heterocycles. The van der Waals surface area contributed by atoms with Gasteiger partial charge >= 0.3 is 18.2 Å². The van der Waals surface area contributed by atoms with Crippen LogP contribution in [-0.4, -0.2) is 79.8 Å². The van der Waals surface area contributed by atoms with Crippen molar-refractivity contribution in [3.05, 3.63) is 48.7 Å². The lowest BCUT2D eigenvalue weighted by molar-refractivity contribution is -0.192. The van der Waals surface area contributed by atoms with E-state index in [0.29, 0.717) is 6.54 Å². The van der Waals surface area contributed by atoms with Crippen molar-refractivity contribution in [2.45, 2.75) is 24.9 Å². The number of likely N-dealkylation sites (tertiary alicyclic amines) is 1. The van der Waals surface area contributed by atoms with Crippen molar-refractivity contribution >= 4 is 17.6 Å². The summed E-state index contributed by atoms with van der Waals surface area (Å²) >= 11 is 0. The molecule has 4 heterocycles. The van der Waals surface area contributed by atoms with E-state index in [-0.39, 0.29) is 11.9 Å². The quantitative estimate of drug-likeness (QED) is 0.624. The molecule has 9 nitrogen and oxygen atoms in total. The van der Waals surface area contributed by atoms with E-state index in [9.17, 15) is 18.0 Å². The zero-order valence-electron chi connectivity index (χ0n) is 18.0. The SMILES string of the molecule is CN(C)C(=O)N1CCCC(c2nc3ccc(-c4ccncc4)cn3n2)C1.O=C(O)C(F)(F)F. The minimum Gasteiger partial charge on any atom is -0.475 e. The molecule has 1 saturated heterocycles. The third kappa shape index (κ3) is 5.96. The van der Waals surface area contributed by atoms with Crippen LogP contribution in [0.5, 0.6) is 0 Å². The molecule has 0 aromatic carbocycles. The molecule has 176 valence electrons. The molecule has 0 aliphatic carbocycles. The summed E-state index contributed by atoms with van der Waals surface area (Å²) in [7, 11) is 3.57. The number of halogens is 3. The summed E-state index contributed by atoms with van der Waals surface area (Å²) in [5.74, 6) is -1.77.